The molecule has 0 aliphatic heterocycles. The van der Waals surface area contributed by atoms with Gasteiger partial charge in [-0.05, 0) is 55.8 Å². The summed E-state index contributed by atoms with van der Waals surface area (Å²) in [4.78, 5) is 2.12. The second kappa shape index (κ2) is 9.29. The van der Waals surface area contributed by atoms with E-state index in [2.05, 4.69) is 67.4 Å². The van der Waals surface area contributed by atoms with Crippen LogP contribution in [0, 0.1) is 11.8 Å². The molecule has 0 atom stereocenters. The van der Waals surface area contributed by atoms with Crippen LogP contribution >= 0.6 is 27.5 Å². The highest BCUT2D eigenvalue weighted by Gasteiger charge is 2.08. The van der Waals surface area contributed by atoms with E-state index < -0.39 is 0 Å². The molecule has 134 valence electrons. The van der Waals surface area contributed by atoms with Gasteiger partial charge in [-0.25, -0.2) is 0 Å². The zero-order valence-corrected chi connectivity index (χ0v) is 17.1. The lowest BCUT2D eigenvalue weighted by molar-refractivity contribution is 0.221. The highest BCUT2D eigenvalue weighted by molar-refractivity contribution is 9.10. The summed E-state index contributed by atoms with van der Waals surface area (Å²) in [5.74, 6) is 6.50. The quantitative estimate of drug-likeness (QED) is 0.453. The number of halogens is 1. The molecule has 3 rings (SSSR count). The van der Waals surface area contributed by atoms with E-state index in [1.807, 2.05) is 19.2 Å². The van der Waals surface area contributed by atoms with Gasteiger partial charge in [0.25, 0.3) is 0 Å². The number of likely N-dealkylation sites (N-methyl/N-ethyl adjacent to an activating group) is 1. The van der Waals surface area contributed by atoms with E-state index >= 15 is 0 Å². The van der Waals surface area contributed by atoms with E-state index in [-0.39, 0.29) is 6.61 Å². The molecule has 3 nitrogen and oxygen atoms in total. The first kappa shape index (κ1) is 19.1. The number of aliphatic hydroxyl groups excluding tert-OH is 1. The number of hydrogen-bond acceptors (Lipinski definition) is 4. The van der Waals surface area contributed by atoms with Crippen molar-refractivity contribution in [3.05, 3.63) is 52.5 Å². The molecule has 0 amide bonds. The van der Waals surface area contributed by atoms with Gasteiger partial charge in [-0.3, -0.25) is 0 Å². The average molecular weight is 429 g/mol. The number of aromatic nitrogens is 1. The summed E-state index contributed by atoms with van der Waals surface area (Å²) in [5, 5.41) is 10.1. The molecule has 0 saturated heterocycles. The summed E-state index contributed by atoms with van der Waals surface area (Å²) < 4.78 is 6.87. The molecule has 0 unspecified atom stereocenters. The minimum Gasteiger partial charge on any atom is -0.395 e. The number of rotatable bonds is 6. The fraction of sp³-hybridized carbons (Fsp3) is 0.286. The molecule has 0 saturated carbocycles. The second-order valence-corrected chi connectivity index (χ2v) is 7.90. The number of benzene rings is 2. The highest BCUT2D eigenvalue weighted by Crippen LogP contribution is 2.31. The molecule has 0 radical (unpaired) electrons. The number of fused-ring (bicyclic) bond motifs is 1. The summed E-state index contributed by atoms with van der Waals surface area (Å²) in [6.45, 7) is 1.88. The topological polar surface area (TPSA) is 36.4 Å². The Labute approximate surface area is 167 Å². The van der Waals surface area contributed by atoms with Gasteiger partial charge in [0.15, 0.2) is 0 Å². The minimum atomic E-state index is 0.208. The van der Waals surface area contributed by atoms with Crippen molar-refractivity contribution >= 4 is 37.5 Å². The van der Waals surface area contributed by atoms with Crippen LogP contribution in [0.4, 0.5) is 0 Å². The van der Waals surface area contributed by atoms with Gasteiger partial charge in [-0.2, -0.15) is 4.37 Å². The largest absolute Gasteiger partial charge is 0.395 e. The van der Waals surface area contributed by atoms with E-state index in [0.29, 0.717) is 0 Å². The molecule has 1 heterocycles. The van der Waals surface area contributed by atoms with Crippen molar-refractivity contribution in [2.24, 2.45) is 0 Å². The van der Waals surface area contributed by atoms with Crippen molar-refractivity contribution in [1.82, 2.24) is 9.27 Å². The lowest BCUT2D eigenvalue weighted by Crippen LogP contribution is -2.22. The Morgan fingerprint density at radius 2 is 1.96 bits per heavy atom. The lowest BCUT2D eigenvalue weighted by atomic mass is 10.1. The minimum absolute atomic E-state index is 0.208. The molecule has 0 fully saturated rings. The van der Waals surface area contributed by atoms with E-state index in [9.17, 15) is 0 Å². The Morgan fingerprint density at radius 1 is 1.15 bits per heavy atom. The van der Waals surface area contributed by atoms with E-state index in [1.54, 1.807) is 0 Å². The van der Waals surface area contributed by atoms with Crippen LogP contribution in [-0.4, -0.2) is 41.1 Å². The predicted molar refractivity (Wildman–Crippen MR) is 113 cm³/mol. The number of nitrogens with zero attached hydrogens (tertiary/aromatic N) is 2. The Morgan fingerprint density at radius 3 is 2.73 bits per heavy atom. The zero-order valence-electron chi connectivity index (χ0n) is 14.7. The Bertz CT molecular complexity index is 925. The number of aliphatic hydroxyl groups is 1. The fourth-order valence-corrected chi connectivity index (χ4v) is 3.82. The van der Waals surface area contributed by atoms with Gasteiger partial charge < -0.3 is 10.0 Å². The summed E-state index contributed by atoms with van der Waals surface area (Å²) in [7, 11) is 2.02. The summed E-state index contributed by atoms with van der Waals surface area (Å²) in [5.41, 5.74) is 3.20. The Balaban J connectivity index is 1.67. The molecule has 0 spiro atoms. The molecule has 3 aromatic rings. The summed E-state index contributed by atoms with van der Waals surface area (Å²) in [6, 6.07) is 14.6. The maximum Gasteiger partial charge on any atom is 0.0919 e. The third-order valence-electron chi connectivity index (χ3n) is 4.15. The van der Waals surface area contributed by atoms with Crippen LogP contribution in [0.3, 0.4) is 0 Å². The van der Waals surface area contributed by atoms with E-state index in [4.69, 9.17) is 5.11 Å². The first-order valence-electron chi connectivity index (χ1n) is 8.61. The van der Waals surface area contributed by atoms with Crippen LogP contribution in [0.25, 0.3) is 21.3 Å². The Hall–Kier alpha value is -1.71. The van der Waals surface area contributed by atoms with E-state index in [0.717, 1.165) is 51.9 Å². The smallest absolute Gasteiger partial charge is 0.0919 e. The van der Waals surface area contributed by atoms with Gasteiger partial charge in [0.2, 0.25) is 0 Å². The van der Waals surface area contributed by atoms with Gasteiger partial charge in [-0.1, -0.05) is 46.0 Å². The summed E-state index contributed by atoms with van der Waals surface area (Å²) >= 11 is 4.99. The molecule has 0 aliphatic carbocycles. The highest BCUT2D eigenvalue weighted by atomic mass is 79.9. The second-order valence-electron chi connectivity index (χ2n) is 6.18. The van der Waals surface area contributed by atoms with Crippen molar-refractivity contribution in [3.8, 4) is 23.1 Å². The van der Waals surface area contributed by atoms with Crippen molar-refractivity contribution in [2.75, 3.05) is 26.7 Å². The van der Waals surface area contributed by atoms with Gasteiger partial charge >= 0.3 is 0 Å². The van der Waals surface area contributed by atoms with Crippen LogP contribution in [0.15, 0.2) is 46.9 Å². The number of unbranched alkanes of at least 4 members (excludes halogenated alkanes) is 1. The van der Waals surface area contributed by atoms with Gasteiger partial charge in [0, 0.05) is 34.0 Å². The molecule has 0 bridgehead atoms. The third-order valence-corrected chi connectivity index (χ3v) is 5.48. The van der Waals surface area contributed by atoms with Crippen LogP contribution < -0.4 is 0 Å². The molecule has 1 N–H and O–H groups in total. The van der Waals surface area contributed by atoms with E-state index in [1.165, 1.54) is 16.9 Å². The van der Waals surface area contributed by atoms with Gasteiger partial charge in [0.05, 0.1) is 17.0 Å². The van der Waals surface area contributed by atoms with Crippen LogP contribution in [-0.2, 0) is 0 Å². The predicted octanol–water partition coefficient (Wildman–Crippen LogP) is 4.78. The Kier molecular flexibility index (Phi) is 6.81. The monoisotopic (exact) mass is 428 g/mol. The van der Waals surface area contributed by atoms with Crippen LogP contribution in [0.5, 0.6) is 0 Å². The standard InChI is InChI=1S/C21H21BrN2OS/c1-24(13-14-25)12-4-2-3-5-16-6-11-19-20(15-16)26-23-21(19)17-7-9-18(22)10-8-17/h6-11,15,25H,2,4,12-14H2,1H3. The zero-order chi connectivity index (χ0) is 18.4. The van der Waals surface area contributed by atoms with Gasteiger partial charge in [0.1, 0.15) is 0 Å². The normalized spacial score (nSPS) is 10.9. The molecule has 2 aromatic carbocycles. The maximum atomic E-state index is 8.89. The van der Waals surface area contributed by atoms with Crippen molar-refractivity contribution in [1.29, 1.82) is 0 Å². The SMILES string of the molecule is CN(CCO)CCCC#Cc1ccc2c(-c3ccc(Br)cc3)nsc2c1. The molecular formula is C21H21BrN2OS. The first-order valence-corrected chi connectivity index (χ1v) is 10.2. The molecular weight excluding hydrogens is 408 g/mol. The third kappa shape index (κ3) is 4.93. The van der Waals surface area contributed by atoms with Crippen molar-refractivity contribution in [2.45, 2.75) is 12.8 Å². The number of hydrogen-bond donors (Lipinski definition) is 1. The summed E-state index contributed by atoms with van der Waals surface area (Å²) in [6.07, 6.45) is 1.88. The van der Waals surface area contributed by atoms with Crippen molar-refractivity contribution in [3.63, 3.8) is 0 Å². The van der Waals surface area contributed by atoms with Gasteiger partial charge in [-0.15, -0.1) is 0 Å². The van der Waals surface area contributed by atoms with Crippen LogP contribution in [0.2, 0.25) is 0 Å². The van der Waals surface area contributed by atoms with Crippen LogP contribution in [0.1, 0.15) is 18.4 Å². The first-order chi connectivity index (χ1) is 12.7. The van der Waals surface area contributed by atoms with Crippen molar-refractivity contribution < 1.29 is 5.11 Å². The average Bonchev–Trinajstić information content (AvgIpc) is 3.05. The molecule has 26 heavy (non-hydrogen) atoms. The maximum absolute atomic E-state index is 8.89. The fourth-order valence-electron chi connectivity index (χ4n) is 2.72. The lowest BCUT2D eigenvalue weighted by Gasteiger charge is -2.13. The molecule has 5 heteroatoms. The molecule has 0 aliphatic rings. The molecule has 1 aromatic heterocycles.